The molecule has 13 heteroatoms. The molecule has 0 rings (SSSR count). The highest BCUT2D eigenvalue weighted by Gasteiger charge is 2.38. The predicted molar refractivity (Wildman–Crippen MR) is 71.8 cm³/mol. The number of hydrogen-bond acceptors (Lipinski definition) is 6. The average molecular weight is 361 g/mol. The molecule has 0 fully saturated rings. The van der Waals surface area contributed by atoms with E-state index in [1.807, 2.05) is 0 Å². The van der Waals surface area contributed by atoms with E-state index in [1.54, 1.807) is 0 Å². The van der Waals surface area contributed by atoms with Crippen molar-refractivity contribution in [3.05, 3.63) is 0 Å². The fraction of sp³-hybridized carbons (Fsp3) is 0.636. The minimum atomic E-state index is -5.08. The van der Waals surface area contributed by atoms with Crippen LogP contribution in [0.3, 0.4) is 0 Å². The van der Waals surface area contributed by atoms with Crippen LogP contribution in [-0.2, 0) is 19.2 Å². The summed E-state index contributed by atoms with van der Waals surface area (Å²) in [6, 6.07) is -2.40. The number of hydrogen-bond donors (Lipinski definition) is 6. The summed E-state index contributed by atoms with van der Waals surface area (Å²) in [7, 11) is 0. The number of aliphatic carboxylic acids is 3. The number of carboxylic acids is 3. The third kappa shape index (κ3) is 12.2. The second kappa shape index (κ2) is 11.2. The molecule has 0 radical (unpaired) electrons. The third-order valence-corrected chi connectivity index (χ3v) is 2.30. The minimum Gasteiger partial charge on any atom is -0.480 e. The van der Waals surface area contributed by atoms with E-state index in [2.05, 4.69) is 5.32 Å². The van der Waals surface area contributed by atoms with E-state index in [0.717, 1.165) is 0 Å². The Hall–Kier alpha value is -2.41. The molecule has 0 aliphatic heterocycles. The number of rotatable bonds is 8. The van der Waals surface area contributed by atoms with E-state index in [1.165, 1.54) is 0 Å². The molecule has 0 saturated heterocycles. The molecular weight excluding hydrogens is 343 g/mol. The smallest absolute Gasteiger partial charge is 0.480 e. The van der Waals surface area contributed by atoms with Gasteiger partial charge in [0.15, 0.2) is 0 Å². The van der Waals surface area contributed by atoms with Gasteiger partial charge in [-0.1, -0.05) is 0 Å². The van der Waals surface area contributed by atoms with E-state index < -0.39 is 48.5 Å². The van der Waals surface area contributed by atoms with Gasteiger partial charge in [0.1, 0.15) is 12.1 Å². The van der Waals surface area contributed by atoms with E-state index in [4.69, 9.17) is 31.6 Å². The number of carbonyl (C=O) groups is 4. The topological polar surface area (TPSA) is 193 Å². The first-order valence-electron chi connectivity index (χ1n) is 6.33. The Morgan fingerprint density at radius 3 is 1.79 bits per heavy atom. The lowest BCUT2D eigenvalue weighted by atomic mass is 10.1. The van der Waals surface area contributed by atoms with E-state index >= 15 is 0 Å². The molecule has 8 N–H and O–H groups in total. The van der Waals surface area contributed by atoms with Crippen LogP contribution in [0.2, 0.25) is 0 Å². The molecule has 0 saturated carbocycles. The van der Waals surface area contributed by atoms with Gasteiger partial charge in [-0.3, -0.25) is 9.59 Å². The number of nitrogens with one attached hydrogen (secondary N) is 1. The van der Waals surface area contributed by atoms with Crippen LogP contribution in [0.15, 0.2) is 0 Å². The number of amides is 1. The predicted octanol–water partition coefficient (Wildman–Crippen LogP) is -1.27. The maximum atomic E-state index is 11.3. The minimum absolute atomic E-state index is 0.194. The highest BCUT2D eigenvalue weighted by atomic mass is 19.4. The van der Waals surface area contributed by atoms with Gasteiger partial charge in [-0.15, -0.1) is 0 Å². The van der Waals surface area contributed by atoms with E-state index in [0.29, 0.717) is 13.0 Å². The molecule has 0 aromatic carbocycles. The molecule has 2 atom stereocenters. The molecule has 0 aromatic rings. The van der Waals surface area contributed by atoms with Crippen molar-refractivity contribution in [1.29, 1.82) is 0 Å². The molecule has 0 spiro atoms. The second-order valence-corrected chi connectivity index (χ2v) is 4.34. The van der Waals surface area contributed by atoms with Crippen molar-refractivity contribution in [3.8, 4) is 0 Å². The van der Waals surface area contributed by atoms with Gasteiger partial charge in [-0.2, -0.15) is 13.2 Å². The Morgan fingerprint density at radius 1 is 1.04 bits per heavy atom. The average Bonchev–Trinajstić information content (AvgIpc) is 2.42. The van der Waals surface area contributed by atoms with E-state index in [-0.39, 0.29) is 6.42 Å². The summed E-state index contributed by atoms with van der Waals surface area (Å²) in [5.41, 5.74) is 10.4. The van der Waals surface area contributed by atoms with Gasteiger partial charge in [-0.25, -0.2) is 9.59 Å². The third-order valence-electron chi connectivity index (χ3n) is 2.30. The van der Waals surface area contributed by atoms with Gasteiger partial charge in [0.05, 0.1) is 6.42 Å². The maximum absolute atomic E-state index is 11.3. The molecular formula is C11H18F3N3O7. The molecule has 0 aromatic heterocycles. The number of nitrogens with two attached hydrogens (primary N) is 2. The number of carbonyl (C=O) groups excluding carboxylic acids is 1. The highest BCUT2D eigenvalue weighted by Crippen LogP contribution is 2.13. The molecule has 140 valence electrons. The first-order chi connectivity index (χ1) is 10.8. The Labute approximate surface area is 133 Å². The van der Waals surface area contributed by atoms with Crippen LogP contribution in [0.1, 0.15) is 19.3 Å². The molecule has 0 aliphatic rings. The summed E-state index contributed by atoms with van der Waals surface area (Å²) in [4.78, 5) is 41.3. The first kappa shape index (κ1) is 23.9. The summed E-state index contributed by atoms with van der Waals surface area (Å²) < 4.78 is 31.7. The van der Waals surface area contributed by atoms with Crippen LogP contribution >= 0.6 is 0 Å². The molecule has 1 amide bonds. The summed E-state index contributed by atoms with van der Waals surface area (Å²) in [5, 5.41) is 26.6. The van der Waals surface area contributed by atoms with Crippen molar-refractivity contribution in [3.63, 3.8) is 0 Å². The fourth-order valence-electron chi connectivity index (χ4n) is 1.12. The van der Waals surface area contributed by atoms with Crippen LogP contribution < -0.4 is 16.8 Å². The zero-order chi connectivity index (χ0) is 19.5. The van der Waals surface area contributed by atoms with Crippen molar-refractivity contribution in [2.75, 3.05) is 6.54 Å². The Kier molecular flexibility index (Phi) is 11.1. The molecule has 0 bridgehead atoms. The molecule has 24 heavy (non-hydrogen) atoms. The monoisotopic (exact) mass is 361 g/mol. The van der Waals surface area contributed by atoms with Crippen LogP contribution in [0, 0.1) is 0 Å². The van der Waals surface area contributed by atoms with Crippen molar-refractivity contribution < 1.29 is 47.7 Å². The zero-order valence-corrected chi connectivity index (χ0v) is 12.2. The van der Waals surface area contributed by atoms with Crippen LogP contribution in [0.5, 0.6) is 0 Å². The van der Waals surface area contributed by atoms with Crippen LogP contribution in [-0.4, -0.2) is 63.9 Å². The van der Waals surface area contributed by atoms with Crippen LogP contribution in [0.25, 0.3) is 0 Å². The summed E-state index contributed by atoms with van der Waals surface area (Å²) in [6.07, 6.45) is -4.90. The van der Waals surface area contributed by atoms with E-state index in [9.17, 15) is 27.6 Å². The van der Waals surface area contributed by atoms with Crippen molar-refractivity contribution in [2.45, 2.75) is 37.5 Å². The molecule has 10 nitrogen and oxygen atoms in total. The lowest BCUT2D eigenvalue weighted by Gasteiger charge is -2.14. The standard InChI is InChI=1S/C9H17N3O5.C2HF3O2/c10-3-1-2-6(9(16)17)12-7(13)4-5(11)8(14)15;3-2(4,5)1(6)7/h5-6H,1-4,10-11H2,(H,12,13)(H,14,15)(H,16,17);(H,6,7)/t5-,6-;/m0./s1. The Bertz CT molecular complexity index is 457. The van der Waals surface area contributed by atoms with Crippen LogP contribution in [0.4, 0.5) is 13.2 Å². The van der Waals surface area contributed by atoms with Gasteiger partial charge < -0.3 is 32.1 Å². The SMILES string of the molecule is NCCC[C@H](NC(=O)C[C@H](N)C(=O)O)C(=O)O.O=C(O)C(F)(F)F. The summed E-state index contributed by atoms with van der Waals surface area (Å²) in [5.74, 6) is -5.96. The number of carboxylic acid groups (broad SMARTS) is 3. The second-order valence-electron chi connectivity index (χ2n) is 4.34. The lowest BCUT2D eigenvalue weighted by molar-refractivity contribution is -0.192. The Morgan fingerprint density at radius 2 is 1.50 bits per heavy atom. The fourth-order valence-corrected chi connectivity index (χ4v) is 1.12. The Balaban J connectivity index is 0. The van der Waals surface area contributed by atoms with Crippen molar-refractivity contribution >= 4 is 23.8 Å². The number of halogens is 3. The largest absolute Gasteiger partial charge is 0.490 e. The van der Waals surface area contributed by atoms with Gasteiger partial charge >= 0.3 is 24.1 Å². The van der Waals surface area contributed by atoms with Gasteiger partial charge in [0.25, 0.3) is 0 Å². The van der Waals surface area contributed by atoms with Gasteiger partial charge in [-0.05, 0) is 19.4 Å². The number of alkyl halides is 3. The molecule has 0 heterocycles. The maximum Gasteiger partial charge on any atom is 0.490 e. The van der Waals surface area contributed by atoms with Gasteiger partial charge in [0.2, 0.25) is 5.91 Å². The normalized spacial score (nSPS) is 13.0. The van der Waals surface area contributed by atoms with Gasteiger partial charge in [0, 0.05) is 0 Å². The quantitative estimate of drug-likeness (QED) is 0.305. The first-order valence-corrected chi connectivity index (χ1v) is 6.33. The summed E-state index contributed by atoms with van der Waals surface area (Å²) in [6.45, 7) is 0.314. The summed E-state index contributed by atoms with van der Waals surface area (Å²) >= 11 is 0. The lowest BCUT2D eigenvalue weighted by Crippen LogP contribution is -2.44. The molecule has 0 aliphatic carbocycles. The van der Waals surface area contributed by atoms with Crippen molar-refractivity contribution in [1.82, 2.24) is 5.32 Å². The zero-order valence-electron chi connectivity index (χ0n) is 12.2. The molecule has 0 unspecified atom stereocenters. The highest BCUT2D eigenvalue weighted by molar-refractivity contribution is 5.87. The van der Waals surface area contributed by atoms with Crippen molar-refractivity contribution in [2.24, 2.45) is 11.5 Å².